The number of ether oxygens (including phenoxy) is 3. The maximum atomic E-state index is 14.4. The first-order valence-corrected chi connectivity index (χ1v) is 12.2. The molecule has 2 fully saturated rings. The van der Waals surface area contributed by atoms with Crippen molar-refractivity contribution in [1.82, 2.24) is 9.80 Å². The van der Waals surface area contributed by atoms with Crippen LogP contribution >= 0.6 is 0 Å². The Labute approximate surface area is 214 Å². The lowest BCUT2D eigenvalue weighted by Crippen LogP contribution is -2.38. The minimum Gasteiger partial charge on any atom is -0.507 e. The molecule has 2 N–H and O–H groups in total. The molecule has 1 amide bonds. The van der Waals surface area contributed by atoms with Crippen molar-refractivity contribution in [3.63, 3.8) is 0 Å². The molecule has 37 heavy (non-hydrogen) atoms. The number of likely N-dealkylation sites (tertiary alicyclic amines) is 1. The van der Waals surface area contributed by atoms with Crippen molar-refractivity contribution in [2.24, 2.45) is 0 Å². The van der Waals surface area contributed by atoms with Crippen LogP contribution in [0.5, 0.6) is 17.2 Å². The molecule has 9 nitrogen and oxygen atoms in total. The normalized spacial score (nSPS) is 19.9. The fraction of sp³-hybridized carbons (Fsp3) is 0.407. The van der Waals surface area contributed by atoms with Crippen LogP contribution in [-0.4, -0.2) is 84.8 Å². The summed E-state index contributed by atoms with van der Waals surface area (Å²) in [5.41, 5.74) is 0.356. The number of rotatable bonds is 9. The van der Waals surface area contributed by atoms with Gasteiger partial charge in [-0.15, -0.1) is 0 Å². The van der Waals surface area contributed by atoms with E-state index in [0.717, 1.165) is 19.2 Å². The van der Waals surface area contributed by atoms with E-state index in [0.29, 0.717) is 38.3 Å². The summed E-state index contributed by atoms with van der Waals surface area (Å²) in [5.74, 6) is -2.75. The Balaban J connectivity index is 1.73. The van der Waals surface area contributed by atoms with E-state index in [1.165, 1.54) is 30.2 Å². The molecule has 198 valence electrons. The lowest BCUT2D eigenvalue weighted by molar-refractivity contribution is -0.140. The van der Waals surface area contributed by atoms with Gasteiger partial charge in [-0.3, -0.25) is 14.5 Å². The summed E-state index contributed by atoms with van der Waals surface area (Å²) in [6.07, 6.45) is 0.594. The first-order chi connectivity index (χ1) is 17.8. The summed E-state index contributed by atoms with van der Waals surface area (Å²) in [7, 11) is 1.32. The van der Waals surface area contributed by atoms with Crippen LogP contribution in [0.1, 0.15) is 30.5 Å². The maximum Gasteiger partial charge on any atom is 0.295 e. The van der Waals surface area contributed by atoms with Crippen LogP contribution in [0.15, 0.2) is 42.0 Å². The largest absolute Gasteiger partial charge is 0.507 e. The molecule has 1 unspecified atom stereocenters. The van der Waals surface area contributed by atoms with Crippen LogP contribution in [-0.2, 0) is 14.3 Å². The molecule has 0 radical (unpaired) electrons. The Hall–Kier alpha value is -3.63. The molecule has 0 bridgehead atoms. The maximum absolute atomic E-state index is 14.4. The van der Waals surface area contributed by atoms with Gasteiger partial charge in [0.2, 0.25) is 0 Å². The SMILES string of the molecule is CCOc1cc(C2/C(=C(\O)c3ccc(OC)c(F)c3)C(=O)C(=O)N2CCCN2CCOCC2)ccc1O. The van der Waals surface area contributed by atoms with Crippen LogP contribution in [0.3, 0.4) is 0 Å². The number of morpholine rings is 1. The predicted molar refractivity (Wildman–Crippen MR) is 133 cm³/mol. The number of hydrogen-bond donors (Lipinski definition) is 2. The fourth-order valence-electron chi connectivity index (χ4n) is 4.69. The average Bonchev–Trinajstić information content (AvgIpc) is 3.15. The second kappa shape index (κ2) is 11.6. The highest BCUT2D eigenvalue weighted by Crippen LogP contribution is 2.42. The van der Waals surface area contributed by atoms with E-state index < -0.39 is 29.3 Å². The van der Waals surface area contributed by atoms with E-state index in [4.69, 9.17) is 14.2 Å². The number of ketones is 1. The summed E-state index contributed by atoms with van der Waals surface area (Å²) in [6.45, 7) is 5.91. The first kappa shape index (κ1) is 26.4. The highest BCUT2D eigenvalue weighted by molar-refractivity contribution is 6.46. The van der Waals surface area contributed by atoms with Crippen LogP contribution in [0.4, 0.5) is 4.39 Å². The van der Waals surface area contributed by atoms with Crippen molar-refractivity contribution >= 4 is 17.4 Å². The van der Waals surface area contributed by atoms with Crippen LogP contribution < -0.4 is 9.47 Å². The second-order valence-electron chi connectivity index (χ2n) is 8.81. The lowest BCUT2D eigenvalue weighted by atomic mass is 9.95. The minimum absolute atomic E-state index is 0.0171. The summed E-state index contributed by atoms with van der Waals surface area (Å²) >= 11 is 0. The van der Waals surface area contributed by atoms with Crippen molar-refractivity contribution in [2.75, 3.05) is 53.1 Å². The number of halogens is 1. The van der Waals surface area contributed by atoms with E-state index in [9.17, 15) is 24.2 Å². The number of phenols is 1. The topological polar surface area (TPSA) is 109 Å². The molecule has 10 heteroatoms. The summed E-state index contributed by atoms with van der Waals surface area (Å²) in [6, 6.07) is 7.40. The van der Waals surface area contributed by atoms with E-state index in [-0.39, 0.29) is 34.9 Å². The molecule has 2 aromatic rings. The number of carbonyl (C=O) groups is 2. The Morgan fingerprint density at radius 1 is 1.11 bits per heavy atom. The van der Waals surface area contributed by atoms with Crippen molar-refractivity contribution in [2.45, 2.75) is 19.4 Å². The second-order valence-corrected chi connectivity index (χ2v) is 8.81. The molecule has 0 spiro atoms. The number of aromatic hydroxyl groups is 1. The number of carbonyl (C=O) groups excluding carboxylic acids is 2. The molecule has 2 aliphatic rings. The highest BCUT2D eigenvalue weighted by atomic mass is 19.1. The van der Waals surface area contributed by atoms with E-state index in [2.05, 4.69) is 4.90 Å². The number of Topliss-reactive ketones (excluding diaryl/α,β-unsaturated/α-hetero) is 1. The van der Waals surface area contributed by atoms with Crippen LogP contribution in [0.25, 0.3) is 5.76 Å². The highest BCUT2D eigenvalue weighted by Gasteiger charge is 2.46. The van der Waals surface area contributed by atoms with Gasteiger partial charge in [-0.25, -0.2) is 4.39 Å². The van der Waals surface area contributed by atoms with Crippen molar-refractivity contribution in [3.05, 3.63) is 58.9 Å². The quantitative estimate of drug-likeness (QED) is 0.299. The number of methoxy groups -OCH3 is 1. The molecule has 0 aromatic heterocycles. The van der Waals surface area contributed by atoms with E-state index in [1.807, 2.05) is 0 Å². The molecule has 2 heterocycles. The smallest absolute Gasteiger partial charge is 0.295 e. The number of amides is 1. The van der Waals surface area contributed by atoms with Crippen molar-refractivity contribution in [3.8, 4) is 17.2 Å². The van der Waals surface area contributed by atoms with Gasteiger partial charge in [0.15, 0.2) is 23.1 Å². The Morgan fingerprint density at radius 3 is 2.54 bits per heavy atom. The van der Waals surface area contributed by atoms with Gasteiger partial charge in [0.25, 0.3) is 11.7 Å². The number of benzene rings is 2. The predicted octanol–water partition coefficient (Wildman–Crippen LogP) is 3.08. The molecule has 2 aromatic carbocycles. The van der Waals surface area contributed by atoms with E-state index in [1.54, 1.807) is 19.1 Å². The third-order valence-corrected chi connectivity index (χ3v) is 6.54. The third-order valence-electron chi connectivity index (χ3n) is 6.54. The number of aliphatic hydroxyl groups excluding tert-OH is 1. The van der Waals surface area contributed by atoms with Crippen LogP contribution in [0, 0.1) is 5.82 Å². The molecule has 1 atom stereocenters. The molecule has 0 aliphatic carbocycles. The molecule has 0 saturated carbocycles. The zero-order chi connectivity index (χ0) is 26.5. The monoisotopic (exact) mass is 514 g/mol. The van der Waals surface area contributed by atoms with Gasteiger partial charge in [0, 0.05) is 31.7 Å². The third kappa shape index (κ3) is 5.55. The zero-order valence-corrected chi connectivity index (χ0v) is 20.9. The molecule has 2 saturated heterocycles. The molecule has 4 rings (SSSR count). The van der Waals surface area contributed by atoms with Gasteiger partial charge in [-0.05, 0) is 49.2 Å². The zero-order valence-electron chi connectivity index (χ0n) is 20.9. The van der Waals surface area contributed by atoms with Gasteiger partial charge in [0.05, 0.1) is 38.5 Å². The number of phenolic OH excluding ortho intramolecular Hbond substituents is 1. The Kier molecular flexibility index (Phi) is 8.30. The molecular formula is C27H31FN2O7. The number of nitrogens with zero attached hydrogens (tertiary/aromatic N) is 2. The summed E-state index contributed by atoms with van der Waals surface area (Å²) in [5, 5.41) is 21.4. The standard InChI is InChI=1S/C27H31FN2O7/c1-3-37-22-16-17(5-7-20(22)31)24-23(25(32)18-6-8-21(35-2)19(28)15-18)26(33)27(34)30(24)10-4-9-29-11-13-36-14-12-29/h5-8,15-16,24,31-32H,3-4,9-14H2,1-2H3/b25-23+. The fourth-order valence-corrected chi connectivity index (χ4v) is 4.69. The number of aliphatic hydroxyl groups is 1. The van der Waals surface area contributed by atoms with Crippen LogP contribution in [0.2, 0.25) is 0 Å². The van der Waals surface area contributed by atoms with Gasteiger partial charge in [-0.1, -0.05) is 6.07 Å². The Bertz CT molecular complexity index is 1190. The minimum atomic E-state index is -0.949. The van der Waals surface area contributed by atoms with E-state index >= 15 is 0 Å². The van der Waals surface area contributed by atoms with Crippen molar-refractivity contribution in [1.29, 1.82) is 0 Å². The molecular weight excluding hydrogens is 483 g/mol. The average molecular weight is 515 g/mol. The summed E-state index contributed by atoms with van der Waals surface area (Å²) < 4.78 is 30.2. The number of hydrogen-bond acceptors (Lipinski definition) is 8. The van der Waals surface area contributed by atoms with Gasteiger partial charge < -0.3 is 29.3 Å². The van der Waals surface area contributed by atoms with Gasteiger partial charge >= 0.3 is 0 Å². The van der Waals surface area contributed by atoms with Gasteiger partial charge in [0.1, 0.15) is 5.76 Å². The summed E-state index contributed by atoms with van der Waals surface area (Å²) in [4.78, 5) is 30.1. The Morgan fingerprint density at radius 2 is 1.86 bits per heavy atom. The lowest BCUT2D eigenvalue weighted by Gasteiger charge is -2.29. The molecule has 2 aliphatic heterocycles. The van der Waals surface area contributed by atoms with Crippen molar-refractivity contribution < 1.29 is 38.4 Å². The first-order valence-electron chi connectivity index (χ1n) is 12.2. The van der Waals surface area contributed by atoms with Gasteiger partial charge in [-0.2, -0.15) is 0 Å².